The van der Waals surface area contributed by atoms with E-state index in [0.29, 0.717) is 12.8 Å². The molecule has 0 saturated carbocycles. The van der Waals surface area contributed by atoms with Gasteiger partial charge in [-0.2, -0.15) is 0 Å². The first-order chi connectivity index (χ1) is 17.6. The zero-order valence-electron chi connectivity index (χ0n) is 24.3. The van der Waals surface area contributed by atoms with Crippen LogP contribution in [-0.4, -0.2) is 38.2 Å². The van der Waals surface area contributed by atoms with Crippen LogP contribution < -0.4 is 0 Å². The van der Waals surface area contributed by atoms with Gasteiger partial charge in [0, 0.05) is 24.7 Å². The van der Waals surface area contributed by atoms with Gasteiger partial charge in [0.1, 0.15) is 0 Å². The summed E-state index contributed by atoms with van der Waals surface area (Å²) in [6, 6.07) is 0. The molecule has 220 valence electrons. The van der Waals surface area contributed by atoms with Crippen LogP contribution >= 0.6 is 0 Å². The number of carboxylic acids is 2. The van der Waals surface area contributed by atoms with E-state index in [1.807, 2.05) is 0 Å². The molecule has 0 amide bonds. The third-order valence-corrected chi connectivity index (χ3v) is 8.05. The summed E-state index contributed by atoms with van der Waals surface area (Å²) in [4.78, 5) is 21.0. The maximum Gasteiger partial charge on any atom is 0.303 e. The molecular formula is C31H60O6. The van der Waals surface area contributed by atoms with E-state index in [0.717, 1.165) is 96.3 Å². The molecule has 0 fully saturated rings. The van der Waals surface area contributed by atoms with Crippen molar-refractivity contribution in [2.45, 2.75) is 180 Å². The molecule has 6 heteroatoms. The second-order valence-electron chi connectivity index (χ2n) is 11.6. The van der Waals surface area contributed by atoms with E-state index in [2.05, 4.69) is 13.8 Å². The molecule has 0 heterocycles. The van der Waals surface area contributed by atoms with Crippen LogP contribution in [0.1, 0.15) is 174 Å². The Kier molecular flexibility index (Phi) is 22.1. The zero-order chi connectivity index (χ0) is 27.8. The Labute approximate surface area is 227 Å². The van der Waals surface area contributed by atoms with Crippen molar-refractivity contribution in [3.63, 3.8) is 0 Å². The summed E-state index contributed by atoms with van der Waals surface area (Å²) in [5.41, 5.74) is -0.451. The monoisotopic (exact) mass is 528 g/mol. The van der Waals surface area contributed by atoms with Gasteiger partial charge >= 0.3 is 11.9 Å². The van der Waals surface area contributed by atoms with E-state index in [1.54, 1.807) is 0 Å². The summed E-state index contributed by atoms with van der Waals surface area (Å²) in [5.74, 6) is -3.00. The summed E-state index contributed by atoms with van der Waals surface area (Å²) >= 11 is 0. The molecule has 0 spiro atoms. The predicted octanol–water partition coefficient (Wildman–Crippen LogP) is 8.62. The maximum atomic E-state index is 11.0. The van der Waals surface area contributed by atoms with Crippen LogP contribution in [0.4, 0.5) is 0 Å². The van der Waals surface area contributed by atoms with Crippen LogP contribution in [0.2, 0.25) is 0 Å². The minimum Gasteiger partial charge on any atom is -0.481 e. The van der Waals surface area contributed by atoms with Gasteiger partial charge in [0.2, 0.25) is 0 Å². The van der Waals surface area contributed by atoms with Crippen molar-refractivity contribution in [3.05, 3.63) is 0 Å². The number of unbranched alkanes of at least 4 members (excludes halogenated alkanes) is 17. The van der Waals surface area contributed by atoms with E-state index in [4.69, 9.17) is 10.2 Å². The third-order valence-electron chi connectivity index (χ3n) is 8.05. The van der Waals surface area contributed by atoms with Crippen molar-refractivity contribution in [2.75, 3.05) is 0 Å². The second kappa shape index (κ2) is 22.8. The standard InChI is InChI=1S/C31H60O6/c1-3-25-30(2,26-21-17-13-9-5-4-7-11-15-19-23-28(32)33)31(36,37)27-22-18-14-10-6-8-12-16-20-24-29(34)35/h36-37H,3-27H2,1-2H3,(H,32,33)(H,34,35). The highest BCUT2D eigenvalue weighted by Crippen LogP contribution is 2.42. The van der Waals surface area contributed by atoms with Gasteiger partial charge in [-0.15, -0.1) is 0 Å². The Morgan fingerprint density at radius 3 is 1.11 bits per heavy atom. The predicted molar refractivity (Wildman–Crippen MR) is 152 cm³/mol. The Bertz CT molecular complexity index is 562. The number of carboxylic acid groups (broad SMARTS) is 2. The summed E-state index contributed by atoms with van der Waals surface area (Å²) in [6.45, 7) is 4.18. The van der Waals surface area contributed by atoms with Crippen molar-refractivity contribution < 1.29 is 30.0 Å². The molecular weight excluding hydrogens is 468 g/mol. The summed E-state index contributed by atoms with van der Waals surface area (Å²) < 4.78 is 0. The Hall–Kier alpha value is -1.14. The molecule has 0 aliphatic carbocycles. The number of hydrogen-bond acceptors (Lipinski definition) is 4. The Morgan fingerprint density at radius 2 is 0.784 bits per heavy atom. The van der Waals surface area contributed by atoms with Gasteiger partial charge in [-0.1, -0.05) is 123 Å². The van der Waals surface area contributed by atoms with Crippen LogP contribution in [0, 0.1) is 5.41 Å². The molecule has 0 aromatic heterocycles. The highest BCUT2D eigenvalue weighted by Gasteiger charge is 2.43. The molecule has 4 N–H and O–H groups in total. The lowest BCUT2D eigenvalue weighted by Gasteiger charge is -2.42. The molecule has 0 aromatic carbocycles. The SMILES string of the molecule is CCCC(C)(CCCCCCCCCCCCC(=O)O)C(O)(O)CCCCCCCCCCCC(=O)O. The summed E-state index contributed by atoms with van der Waals surface area (Å²) in [6.07, 6.45) is 24.3. The van der Waals surface area contributed by atoms with E-state index in [-0.39, 0.29) is 6.42 Å². The lowest BCUT2D eigenvalue weighted by Crippen LogP contribution is -2.46. The molecule has 0 aliphatic heterocycles. The molecule has 37 heavy (non-hydrogen) atoms. The van der Waals surface area contributed by atoms with Gasteiger partial charge in [0.15, 0.2) is 5.79 Å². The highest BCUT2D eigenvalue weighted by atomic mass is 16.5. The fraction of sp³-hybridized carbons (Fsp3) is 0.935. The number of aliphatic hydroxyl groups is 2. The first-order valence-corrected chi connectivity index (χ1v) is 15.5. The van der Waals surface area contributed by atoms with Crippen molar-refractivity contribution in [3.8, 4) is 0 Å². The molecule has 1 atom stereocenters. The van der Waals surface area contributed by atoms with E-state index in [9.17, 15) is 19.8 Å². The Balaban J connectivity index is 3.92. The smallest absolute Gasteiger partial charge is 0.303 e. The van der Waals surface area contributed by atoms with Crippen molar-refractivity contribution >= 4 is 11.9 Å². The largest absolute Gasteiger partial charge is 0.481 e. The first kappa shape index (κ1) is 35.9. The quantitative estimate of drug-likeness (QED) is 0.0597. The minimum atomic E-state index is -1.60. The maximum absolute atomic E-state index is 11.0. The molecule has 0 saturated heterocycles. The van der Waals surface area contributed by atoms with Crippen molar-refractivity contribution in [1.82, 2.24) is 0 Å². The van der Waals surface area contributed by atoms with Crippen LogP contribution in [0.5, 0.6) is 0 Å². The number of rotatable bonds is 28. The number of carbonyl (C=O) groups is 2. The fourth-order valence-corrected chi connectivity index (χ4v) is 5.47. The van der Waals surface area contributed by atoms with E-state index >= 15 is 0 Å². The molecule has 0 aromatic rings. The molecule has 0 aliphatic rings. The Morgan fingerprint density at radius 1 is 0.486 bits per heavy atom. The summed E-state index contributed by atoms with van der Waals surface area (Å²) in [5, 5.41) is 39.3. The van der Waals surface area contributed by atoms with Crippen LogP contribution in [0.25, 0.3) is 0 Å². The van der Waals surface area contributed by atoms with Gasteiger partial charge in [-0.05, 0) is 32.1 Å². The molecule has 0 radical (unpaired) electrons. The van der Waals surface area contributed by atoms with Crippen LogP contribution in [0.15, 0.2) is 0 Å². The fourth-order valence-electron chi connectivity index (χ4n) is 5.47. The first-order valence-electron chi connectivity index (χ1n) is 15.5. The molecule has 0 bridgehead atoms. The number of hydrogen-bond donors (Lipinski definition) is 4. The zero-order valence-corrected chi connectivity index (χ0v) is 24.3. The lowest BCUT2D eigenvalue weighted by molar-refractivity contribution is -0.248. The van der Waals surface area contributed by atoms with Gasteiger partial charge in [0.25, 0.3) is 0 Å². The molecule has 6 nitrogen and oxygen atoms in total. The van der Waals surface area contributed by atoms with Gasteiger partial charge in [-0.3, -0.25) is 9.59 Å². The molecule has 0 rings (SSSR count). The van der Waals surface area contributed by atoms with Crippen LogP contribution in [-0.2, 0) is 9.59 Å². The van der Waals surface area contributed by atoms with Gasteiger partial charge in [0.05, 0.1) is 0 Å². The van der Waals surface area contributed by atoms with Crippen molar-refractivity contribution in [2.24, 2.45) is 5.41 Å². The van der Waals surface area contributed by atoms with E-state index < -0.39 is 23.1 Å². The molecule has 1 unspecified atom stereocenters. The number of aliphatic carboxylic acids is 2. The van der Waals surface area contributed by atoms with Crippen LogP contribution in [0.3, 0.4) is 0 Å². The normalized spacial score (nSPS) is 13.5. The van der Waals surface area contributed by atoms with Gasteiger partial charge in [-0.25, -0.2) is 0 Å². The average Bonchev–Trinajstić information content (AvgIpc) is 2.82. The topological polar surface area (TPSA) is 115 Å². The van der Waals surface area contributed by atoms with E-state index in [1.165, 1.54) is 44.9 Å². The average molecular weight is 529 g/mol. The lowest BCUT2D eigenvalue weighted by atomic mass is 9.71. The second-order valence-corrected chi connectivity index (χ2v) is 11.6. The van der Waals surface area contributed by atoms with Gasteiger partial charge < -0.3 is 20.4 Å². The summed E-state index contributed by atoms with van der Waals surface area (Å²) in [7, 11) is 0. The third kappa shape index (κ3) is 20.5. The highest BCUT2D eigenvalue weighted by molar-refractivity contribution is 5.66. The van der Waals surface area contributed by atoms with Crippen molar-refractivity contribution in [1.29, 1.82) is 0 Å². The minimum absolute atomic E-state index is 0.279.